The Morgan fingerprint density at radius 2 is 0.841 bits per heavy atom. The van der Waals surface area contributed by atoms with Gasteiger partial charge in [0, 0.05) is 0 Å². The highest BCUT2D eigenvalue weighted by atomic mass is 16.8. The molecule has 16 nitrogen and oxygen atoms in total. The Kier molecular flexibility index (Phi) is 37.4. The van der Waals surface area contributed by atoms with Crippen LogP contribution in [0.15, 0.2) is 0 Å². The van der Waals surface area contributed by atoms with Crippen molar-refractivity contribution in [1.82, 2.24) is 5.32 Å². The monoisotopic (exact) mass is 994 g/mol. The molecule has 0 spiro atoms. The summed E-state index contributed by atoms with van der Waals surface area (Å²) in [7, 11) is 0. The zero-order valence-electron chi connectivity index (χ0n) is 43.1. The van der Waals surface area contributed by atoms with E-state index in [1.165, 1.54) is 135 Å². The lowest BCUT2D eigenvalue weighted by molar-refractivity contribution is -0.368. The summed E-state index contributed by atoms with van der Waals surface area (Å²) < 4.78 is 22.9. The maximum atomic E-state index is 13.4. The first-order valence-corrected chi connectivity index (χ1v) is 28.0. The van der Waals surface area contributed by atoms with Crippen LogP contribution in [0.25, 0.3) is 0 Å². The molecule has 0 aromatic heterocycles. The van der Waals surface area contributed by atoms with Gasteiger partial charge in [-0.1, -0.05) is 213 Å². The summed E-state index contributed by atoms with van der Waals surface area (Å²) in [5.74, 6) is -0.773. The zero-order chi connectivity index (χ0) is 50.7. The molecule has 0 aromatic carbocycles. The second kappa shape index (κ2) is 40.3. The van der Waals surface area contributed by atoms with E-state index in [-0.39, 0.29) is 12.8 Å². The van der Waals surface area contributed by atoms with Crippen LogP contribution in [0.3, 0.4) is 0 Å². The Bertz CT molecular complexity index is 1210. The molecule has 410 valence electrons. The fourth-order valence-corrected chi connectivity index (χ4v) is 9.55. The van der Waals surface area contributed by atoms with Crippen molar-refractivity contribution in [3.05, 3.63) is 0 Å². The number of nitrogens with one attached hydrogen (secondary N) is 1. The quantitative estimate of drug-likeness (QED) is 0.0308. The van der Waals surface area contributed by atoms with Crippen LogP contribution in [-0.2, 0) is 23.7 Å². The first kappa shape index (κ1) is 64.0. The molecule has 2 heterocycles. The van der Waals surface area contributed by atoms with Crippen LogP contribution < -0.4 is 5.32 Å². The minimum atomic E-state index is -1.87. The summed E-state index contributed by atoms with van der Waals surface area (Å²) in [6, 6.07) is -1.31. The van der Waals surface area contributed by atoms with Crippen molar-refractivity contribution in [2.45, 2.75) is 312 Å². The van der Waals surface area contributed by atoms with Crippen LogP contribution in [-0.4, -0.2) is 163 Å². The standard InChI is InChI=1S/C53H103NO15/c1-3-5-7-9-11-13-15-17-18-19-20-21-22-23-25-27-29-31-33-35-41(58)51(65)54-39(44(59)40(57)34-32-30-28-26-24-16-14-12-10-8-6-4-2)38-66-53-50(48(63)46(61)43(37-56)68-53)69-52-49(64)47(62)45(60)42(36-55)67-52/h39-50,52-53,55-64H,3-38H2,1-2H3,(H,54,65). The van der Waals surface area contributed by atoms with Crippen LogP contribution in [0, 0.1) is 0 Å². The van der Waals surface area contributed by atoms with Gasteiger partial charge in [0.2, 0.25) is 5.91 Å². The number of hydrogen-bond acceptors (Lipinski definition) is 15. The predicted molar refractivity (Wildman–Crippen MR) is 266 cm³/mol. The van der Waals surface area contributed by atoms with E-state index < -0.39 is 111 Å². The molecule has 2 aliphatic heterocycles. The highest BCUT2D eigenvalue weighted by Gasteiger charge is 2.51. The second-order valence-electron chi connectivity index (χ2n) is 20.4. The molecule has 2 rings (SSSR count). The largest absolute Gasteiger partial charge is 0.394 e. The van der Waals surface area contributed by atoms with E-state index in [2.05, 4.69) is 19.2 Å². The van der Waals surface area contributed by atoms with Crippen LogP contribution in [0.4, 0.5) is 0 Å². The van der Waals surface area contributed by atoms with E-state index in [1.807, 2.05) is 0 Å². The van der Waals surface area contributed by atoms with Crippen molar-refractivity contribution in [3.63, 3.8) is 0 Å². The van der Waals surface area contributed by atoms with E-state index >= 15 is 0 Å². The van der Waals surface area contributed by atoms with Crippen molar-refractivity contribution >= 4 is 5.91 Å². The third-order valence-electron chi connectivity index (χ3n) is 14.3. The van der Waals surface area contributed by atoms with Gasteiger partial charge >= 0.3 is 0 Å². The van der Waals surface area contributed by atoms with Crippen molar-refractivity contribution in [3.8, 4) is 0 Å². The molecule has 16 heteroatoms. The maximum Gasteiger partial charge on any atom is 0.249 e. The van der Waals surface area contributed by atoms with Gasteiger partial charge in [-0.3, -0.25) is 4.79 Å². The van der Waals surface area contributed by atoms with Gasteiger partial charge in [-0.25, -0.2) is 0 Å². The highest BCUT2D eigenvalue weighted by Crippen LogP contribution is 2.30. The second-order valence-corrected chi connectivity index (χ2v) is 20.4. The summed E-state index contributed by atoms with van der Waals surface area (Å²) in [4.78, 5) is 13.4. The summed E-state index contributed by atoms with van der Waals surface area (Å²) in [6.45, 7) is 2.41. The average molecular weight is 994 g/mol. The summed E-state index contributed by atoms with van der Waals surface area (Å²) in [5, 5.41) is 109. The molecule has 11 N–H and O–H groups in total. The Balaban J connectivity index is 1.91. The average Bonchev–Trinajstić information content (AvgIpc) is 3.35. The molecule has 0 aromatic rings. The number of ether oxygens (including phenoxy) is 4. The van der Waals surface area contributed by atoms with Crippen LogP contribution in [0.5, 0.6) is 0 Å². The van der Waals surface area contributed by atoms with Gasteiger partial charge < -0.3 is 75.3 Å². The lowest BCUT2D eigenvalue weighted by Crippen LogP contribution is -2.65. The molecule has 14 atom stereocenters. The maximum absolute atomic E-state index is 13.4. The molecule has 2 saturated heterocycles. The van der Waals surface area contributed by atoms with Crippen LogP contribution in [0.1, 0.15) is 226 Å². The van der Waals surface area contributed by atoms with E-state index in [1.54, 1.807) is 0 Å². The summed E-state index contributed by atoms with van der Waals surface area (Å²) in [5.41, 5.74) is 0. The molecule has 1 amide bonds. The van der Waals surface area contributed by atoms with Crippen molar-refractivity contribution < 1.29 is 74.8 Å². The molecule has 0 saturated carbocycles. The van der Waals surface area contributed by atoms with E-state index in [9.17, 15) is 55.9 Å². The van der Waals surface area contributed by atoms with E-state index in [4.69, 9.17) is 18.9 Å². The van der Waals surface area contributed by atoms with E-state index in [0.29, 0.717) is 12.8 Å². The minimum Gasteiger partial charge on any atom is -0.394 e. The van der Waals surface area contributed by atoms with Crippen molar-refractivity contribution in [2.75, 3.05) is 19.8 Å². The number of aliphatic hydroxyl groups excluding tert-OH is 10. The molecular formula is C53H103NO15. The van der Waals surface area contributed by atoms with Crippen molar-refractivity contribution in [2.24, 2.45) is 0 Å². The summed E-state index contributed by atoms with van der Waals surface area (Å²) in [6.07, 6.45) is 16.4. The number of carbonyl (C=O) groups excluding carboxylic acids is 1. The normalized spacial score (nSPS) is 27.0. The number of unbranched alkanes of at least 4 members (excludes halogenated alkanes) is 29. The smallest absolute Gasteiger partial charge is 0.249 e. The van der Waals surface area contributed by atoms with Gasteiger partial charge in [-0.05, 0) is 12.8 Å². The Hall–Kier alpha value is -1.09. The third kappa shape index (κ3) is 26.6. The summed E-state index contributed by atoms with van der Waals surface area (Å²) >= 11 is 0. The molecule has 69 heavy (non-hydrogen) atoms. The van der Waals surface area contributed by atoms with Crippen LogP contribution >= 0.6 is 0 Å². The fourth-order valence-electron chi connectivity index (χ4n) is 9.55. The Labute approximate surface area is 416 Å². The van der Waals surface area contributed by atoms with Crippen LogP contribution in [0.2, 0.25) is 0 Å². The zero-order valence-corrected chi connectivity index (χ0v) is 43.1. The SMILES string of the molecule is CCCCCCCCCCCCCCCCCCCCCC(O)C(=O)NC(COC1OC(CO)C(O)C(O)C1OC1OC(CO)C(O)C(O)C1O)C(O)C(O)CCCCCCCCCCCCCC. The third-order valence-corrected chi connectivity index (χ3v) is 14.3. The number of carbonyl (C=O) groups is 1. The lowest BCUT2D eigenvalue weighted by Gasteiger charge is -2.46. The first-order chi connectivity index (χ1) is 33.4. The number of hydrogen-bond donors (Lipinski definition) is 11. The van der Waals surface area contributed by atoms with Gasteiger partial charge in [0.25, 0.3) is 0 Å². The van der Waals surface area contributed by atoms with Gasteiger partial charge in [-0.15, -0.1) is 0 Å². The van der Waals surface area contributed by atoms with Gasteiger partial charge in [-0.2, -0.15) is 0 Å². The van der Waals surface area contributed by atoms with Crippen molar-refractivity contribution in [1.29, 1.82) is 0 Å². The highest BCUT2D eigenvalue weighted by molar-refractivity contribution is 5.80. The molecule has 0 bridgehead atoms. The Morgan fingerprint density at radius 3 is 1.25 bits per heavy atom. The van der Waals surface area contributed by atoms with E-state index in [0.717, 1.165) is 51.4 Å². The fraction of sp³-hybridized carbons (Fsp3) is 0.981. The molecule has 2 fully saturated rings. The van der Waals surface area contributed by atoms with Gasteiger partial charge in [0.1, 0.15) is 61.0 Å². The number of rotatable bonds is 44. The molecule has 2 aliphatic rings. The molecule has 0 radical (unpaired) electrons. The lowest BCUT2D eigenvalue weighted by atomic mass is 9.97. The Morgan fingerprint density at radius 1 is 0.478 bits per heavy atom. The number of aliphatic hydroxyl groups is 10. The number of amides is 1. The van der Waals surface area contributed by atoms with Gasteiger partial charge in [0.05, 0.1) is 32.0 Å². The molecule has 0 aliphatic carbocycles. The van der Waals surface area contributed by atoms with Gasteiger partial charge in [0.15, 0.2) is 12.6 Å². The predicted octanol–water partition coefficient (Wildman–Crippen LogP) is 6.11. The first-order valence-electron chi connectivity index (χ1n) is 28.0. The molecule has 14 unspecified atom stereocenters. The topological polar surface area (TPSA) is 268 Å². The molecular weight excluding hydrogens is 891 g/mol. The minimum absolute atomic E-state index is 0.193.